The number of imidazole rings is 1. The number of amides is 1. The topological polar surface area (TPSA) is 38.1 Å². The number of aryl methyl sites for hydroxylation is 1. The quantitative estimate of drug-likeness (QED) is 0.741. The molecule has 23 heavy (non-hydrogen) atoms. The molecule has 0 aliphatic carbocycles. The number of benzene rings is 1. The summed E-state index contributed by atoms with van der Waals surface area (Å²) >= 11 is 1.80. The molecule has 5 heteroatoms. The summed E-state index contributed by atoms with van der Waals surface area (Å²) in [5, 5.41) is 2.12. The van der Waals surface area contributed by atoms with Crippen LogP contribution in [0.25, 0.3) is 11.0 Å². The SMILES string of the molecule is CCc1nc2ccccc2n1CC(=O)N1CCc2sccc2C1. The van der Waals surface area contributed by atoms with E-state index < -0.39 is 0 Å². The lowest BCUT2D eigenvalue weighted by molar-refractivity contribution is -0.132. The van der Waals surface area contributed by atoms with E-state index in [-0.39, 0.29) is 5.91 Å². The standard InChI is InChI=1S/C18H19N3OS/c1-2-17-19-14-5-3-4-6-15(14)21(17)12-18(22)20-9-7-16-13(11-20)8-10-23-16/h3-6,8,10H,2,7,9,11-12H2,1H3. The number of carbonyl (C=O) groups excluding carboxylic acids is 1. The van der Waals surface area contributed by atoms with Crippen molar-refractivity contribution in [2.24, 2.45) is 0 Å². The molecule has 0 saturated heterocycles. The fourth-order valence-corrected chi connectivity index (χ4v) is 4.16. The van der Waals surface area contributed by atoms with Crippen LogP contribution in [-0.2, 0) is 30.7 Å². The number of hydrogen-bond donors (Lipinski definition) is 0. The normalized spacial score (nSPS) is 14.2. The first-order chi connectivity index (χ1) is 11.3. The molecule has 2 aromatic heterocycles. The fourth-order valence-electron chi connectivity index (χ4n) is 3.27. The van der Waals surface area contributed by atoms with Gasteiger partial charge < -0.3 is 9.47 Å². The minimum Gasteiger partial charge on any atom is -0.336 e. The van der Waals surface area contributed by atoms with Crippen LogP contribution in [0, 0.1) is 0 Å². The Morgan fingerprint density at radius 3 is 3.04 bits per heavy atom. The molecule has 4 nitrogen and oxygen atoms in total. The van der Waals surface area contributed by atoms with Crippen LogP contribution in [0.3, 0.4) is 0 Å². The summed E-state index contributed by atoms with van der Waals surface area (Å²) < 4.78 is 2.07. The molecule has 1 amide bonds. The van der Waals surface area contributed by atoms with Crippen molar-refractivity contribution in [3.8, 4) is 0 Å². The Morgan fingerprint density at radius 2 is 2.17 bits per heavy atom. The summed E-state index contributed by atoms with van der Waals surface area (Å²) in [7, 11) is 0. The van der Waals surface area contributed by atoms with Crippen LogP contribution < -0.4 is 0 Å². The Balaban J connectivity index is 1.60. The van der Waals surface area contributed by atoms with Gasteiger partial charge in [-0.25, -0.2) is 4.98 Å². The average Bonchev–Trinajstić information content (AvgIpc) is 3.18. The zero-order valence-corrected chi connectivity index (χ0v) is 14.0. The number of nitrogens with zero attached hydrogens (tertiary/aromatic N) is 3. The van der Waals surface area contributed by atoms with Gasteiger partial charge in [-0.3, -0.25) is 4.79 Å². The number of carbonyl (C=O) groups is 1. The molecule has 4 rings (SSSR count). The number of hydrogen-bond acceptors (Lipinski definition) is 3. The Morgan fingerprint density at radius 1 is 1.30 bits per heavy atom. The summed E-state index contributed by atoms with van der Waals surface area (Å²) in [5.74, 6) is 1.16. The van der Waals surface area contributed by atoms with Gasteiger partial charge in [0.2, 0.25) is 5.91 Å². The second-order valence-electron chi connectivity index (χ2n) is 5.89. The molecule has 1 aliphatic heterocycles. The number of rotatable bonds is 3. The molecule has 0 fully saturated rings. The second-order valence-corrected chi connectivity index (χ2v) is 6.89. The average molecular weight is 325 g/mol. The molecule has 0 unspecified atom stereocenters. The summed E-state index contributed by atoms with van der Waals surface area (Å²) in [5.41, 5.74) is 3.32. The molecule has 3 heterocycles. The van der Waals surface area contributed by atoms with E-state index in [1.54, 1.807) is 11.3 Å². The van der Waals surface area contributed by atoms with Gasteiger partial charge in [0.25, 0.3) is 0 Å². The molecule has 0 bridgehead atoms. The summed E-state index contributed by atoms with van der Waals surface area (Å²) in [6, 6.07) is 10.2. The highest BCUT2D eigenvalue weighted by Gasteiger charge is 2.22. The van der Waals surface area contributed by atoms with Gasteiger partial charge in [0.15, 0.2) is 0 Å². The minimum absolute atomic E-state index is 0.180. The first-order valence-electron chi connectivity index (χ1n) is 8.03. The highest BCUT2D eigenvalue weighted by Crippen LogP contribution is 2.24. The summed E-state index contributed by atoms with van der Waals surface area (Å²) in [6.45, 7) is 4.02. The van der Waals surface area contributed by atoms with E-state index in [0.29, 0.717) is 6.54 Å². The molecule has 1 aliphatic rings. The van der Waals surface area contributed by atoms with Crippen LogP contribution in [-0.4, -0.2) is 26.9 Å². The molecule has 0 atom stereocenters. The molecule has 0 saturated carbocycles. The van der Waals surface area contributed by atoms with E-state index in [9.17, 15) is 4.79 Å². The van der Waals surface area contributed by atoms with E-state index in [1.165, 1.54) is 10.4 Å². The van der Waals surface area contributed by atoms with Crippen molar-refractivity contribution in [1.82, 2.24) is 14.5 Å². The van der Waals surface area contributed by atoms with E-state index in [0.717, 1.165) is 42.8 Å². The van der Waals surface area contributed by atoms with Crippen molar-refractivity contribution >= 4 is 28.3 Å². The van der Waals surface area contributed by atoms with Gasteiger partial charge in [0.1, 0.15) is 12.4 Å². The molecule has 1 aromatic carbocycles. The Kier molecular flexibility index (Phi) is 3.65. The number of aromatic nitrogens is 2. The first kappa shape index (κ1) is 14.5. The van der Waals surface area contributed by atoms with Crippen molar-refractivity contribution in [3.63, 3.8) is 0 Å². The van der Waals surface area contributed by atoms with Crippen molar-refractivity contribution < 1.29 is 4.79 Å². The van der Waals surface area contributed by atoms with Crippen LogP contribution in [0.15, 0.2) is 35.7 Å². The smallest absolute Gasteiger partial charge is 0.242 e. The maximum absolute atomic E-state index is 12.8. The van der Waals surface area contributed by atoms with E-state index in [1.807, 2.05) is 29.2 Å². The van der Waals surface area contributed by atoms with E-state index in [2.05, 4.69) is 27.9 Å². The maximum Gasteiger partial charge on any atom is 0.242 e. The molecule has 0 radical (unpaired) electrons. The molecular formula is C18H19N3OS. The van der Waals surface area contributed by atoms with E-state index >= 15 is 0 Å². The summed E-state index contributed by atoms with van der Waals surface area (Å²) in [6.07, 6.45) is 1.81. The fraction of sp³-hybridized carbons (Fsp3) is 0.333. The predicted molar refractivity (Wildman–Crippen MR) is 92.6 cm³/mol. The molecule has 0 N–H and O–H groups in total. The van der Waals surface area contributed by atoms with Gasteiger partial charge in [-0.1, -0.05) is 19.1 Å². The van der Waals surface area contributed by atoms with Gasteiger partial charge >= 0.3 is 0 Å². The van der Waals surface area contributed by atoms with Crippen molar-refractivity contribution in [1.29, 1.82) is 0 Å². The Hall–Kier alpha value is -2.14. The van der Waals surface area contributed by atoms with Gasteiger partial charge in [0.05, 0.1) is 11.0 Å². The van der Waals surface area contributed by atoms with Gasteiger partial charge in [-0.05, 0) is 35.6 Å². The number of thiophene rings is 1. The highest BCUT2D eigenvalue weighted by atomic mass is 32.1. The van der Waals surface area contributed by atoms with Crippen LogP contribution in [0.4, 0.5) is 0 Å². The lowest BCUT2D eigenvalue weighted by Gasteiger charge is -2.27. The van der Waals surface area contributed by atoms with Gasteiger partial charge in [0, 0.05) is 24.4 Å². The maximum atomic E-state index is 12.8. The molecular weight excluding hydrogens is 306 g/mol. The third-order valence-corrected chi connectivity index (χ3v) is 5.53. The number of fused-ring (bicyclic) bond motifs is 2. The first-order valence-corrected chi connectivity index (χ1v) is 8.91. The third kappa shape index (κ3) is 2.55. The molecule has 118 valence electrons. The van der Waals surface area contributed by atoms with Gasteiger partial charge in [-0.15, -0.1) is 11.3 Å². The zero-order valence-electron chi connectivity index (χ0n) is 13.2. The second kappa shape index (κ2) is 5.81. The molecule has 0 spiro atoms. The highest BCUT2D eigenvalue weighted by molar-refractivity contribution is 7.10. The summed E-state index contributed by atoms with van der Waals surface area (Å²) in [4.78, 5) is 20.8. The number of para-hydroxylation sites is 2. The lowest BCUT2D eigenvalue weighted by Crippen LogP contribution is -2.37. The monoisotopic (exact) mass is 325 g/mol. The lowest BCUT2D eigenvalue weighted by atomic mass is 10.1. The van der Waals surface area contributed by atoms with Crippen LogP contribution in [0.1, 0.15) is 23.2 Å². The van der Waals surface area contributed by atoms with Crippen LogP contribution >= 0.6 is 11.3 Å². The molecule has 3 aromatic rings. The predicted octanol–water partition coefficient (Wildman–Crippen LogP) is 3.25. The van der Waals surface area contributed by atoms with Crippen LogP contribution in [0.5, 0.6) is 0 Å². The minimum atomic E-state index is 0.180. The third-order valence-electron chi connectivity index (χ3n) is 4.50. The Labute approximate surface area is 139 Å². The van der Waals surface area contributed by atoms with Crippen LogP contribution in [0.2, 0.25) is 0 Å². The van der Waals surface area contributed by atoms with E-state index in [4.69, 9.17) is 0 Å². The van der Waals surface area contributed by atoms with Gasteiger partial charge in [-0.2, -0.15) is 0 Å². The van der Waals surface area contributed by atoms with Crippen molar-refractivity contribution in [2.45, 2.75) is 32.9 Å². The van der Waals surface area contributed by atoms with Crippen molar-refractivity contribution in [3.05, 3.63) is 52.0 Å². The Bertz CT molecular complexity index is 864. The van der Waals surface area contributed by atoms with Crippen molar-refractivity contribution in [2.75, 3.05) is 6.54 Å². The largest absolute Gasteiger partial charge is 0.336 e. The zero-order chi connectivity index (χ0) is 15.8.